The summed E-state index contributed by atoms with van der Waals surface area (Å²) in [6, 6.07) is 8.11. The predicted molar refractivity (Wildman–Crippen MR) is 59.8 cm³/mol. The lowest BCUT2D eigenvalue weighted by molar-refractivity contribution is 0.245. The molecule has 0 radical (unpaired) electrons. The molecule has 0 heterocycles. The SMILES string of the molecule is CC(O)/C=C/c1ccccc1CBr. The molecule has 1 aromatic carbocycles. The second kappa shape index (κ2) is 5.20. The summed E-state index contributed by atoms with van der Waals surface area (Å²) in [5.41, 5.74) is 2.39. The Morgan fingerprint density at radius 2 is 2.15 bits per heavy atom. The summed E-state index contributed by atoms with van der Waals surface area (Å²) >= 11 is 3.42. The van der Waals surface area contributed by atoms with Crippen LogP contribution in [-0.4, -0.2) is 11.2 Å². The van der Waals surface area contributed by atoms with Gasteiger partial charge in [-0.2, -0.15) is 0 Å². The van der Waals surface area contributed by atoms with Crippen molar-refractivity contribution in [1.82, 2.24) is 0 Å². The van der Waals surface area contributed by atoms with Gasteiger partial charge in [-0.05, 0) is 18.1 Å². The van der Waals surface area contributed by atoms with E-state index in [2.05, 4.69) is 22.0 Å². The van der Waals surface area contributed by atoms with Crippen molar-refractivity contribution in [2.75, 3.05) is 0 Å². The van der Waals surface area contributed by atoms with Crippen molar-refractivity contribution >= 4 is 22.0 Å². The van der Waals surface area contributed by atoms with E-state index in [-0.39, 0.29) is 6.10 Å². The number of hydrogen-bond acceptors (Lipinski definition) is 1. The van der Waals surface area contributed by atoms with Gasteiger partial charge in [0.15, 0.2) is 0 Å². The van der Waals surface area contributed by atoms with Crippen molar-refractivity contribution in [2.45, 2.75) is 18.4 Å². The van der Waals surface area contributed by atoms with Gasteiger partial charge in [-0.1, -0.05) is 52.3 Å². The second-order valence-electron chi connectivity index (χ2n) is 2.93. The van der Waals surface area contributed by atoms with E-state index < -0.39 is 0 Å². The summed E-state index contributed by atoms with van der Waals surface area (Å²) in [4.78, 5) is 0. The van der Waals surface area contributed by atoms with Crippen molar-refractivity contribution in [3.8, 4) is 0 Å². The third kappa shape index (κ3) is 3.33. The van der Waals surface area contributed by atoms with Crippen LogP contribution >= 0.6 is 15.9 Å². The zero-order valence-electron chi connectivity index (χ0n) is 7.57. The molecule has 0 saturated carbocycles. The zero-order chi connectivity index (χ0) is 9.68. The first-order valence-electron chi connectivity index (χ1n) is 4.24. The molecular weight excluding hydrogens is 228 g/mol. The number of alkyl halides is 1. The maximum absolute atomic E-state index is 9.08. The van der Waals surface area contributed by atoms with Gasteiger partial charge < -0.3 is 5.11 Å². The van der Waals surface area contributed by atoms with Crippen molar-refractivity contribution < 1.29 is 5.11 Å². The van der Waals surface area contributed by atoms with Crippen LogP contribution in [0, 0.1) is 0 Å². The lowest BCUT2D eigenvalue weighted by Gasteiger charge is -2.01. The van der Waals surface area contributed by atoms with Crippen LogP contribution in [0.25, 0.3) is 6.08 Å². The van der Waals surface area contributed by atoms with Crippen LogP contribution in [0.1, 0.15) is 18.1 Å². The molecule has 1 N–H and O–H groups in total. The van der Waals surface area contributed by atoms with Crippen molar-refractivity contribution in [1.29, 1.82) is 0 Å². The van der Waals surface area contributed by atoms with Crippen molar-refractivity contribution in [3.05, 3.63) is 41.5 Å². The molecule has 1 unspecified atom stereocenters. The van der Waals surface area contributed by atoms with Crippen molar-refractivity contribution in [3.63, 3.8) is 0 Å². The topological polar surface area (TPSA) is 20.2 Å². The monoisotopic (exact) mass is 240 g/mol. The van der Waals surface area contributed by atoms with E-state index in [0.29, 0.717) is 0 Å². The predicted octanol–water partition coefficient (Wildman–Crippen LogP) is 2.98. The summed E-state index contributed by atoms with van der Waals surface area (Å²) in [5, 5.41) is 9.92. The molecule has 1 rings (SSSR count). The molecule has 1 nitrogen and oxygen atoms in total. The van der Waals surface area contributed by atoms with Crippen LogP contribution < -0.4 is 0 Å². The van der Waals surface area contributed by atoms with E-state index in [9.17, 15) is 0 Å². The minimum Gasteiger partial charge on any atom is -0.389 e. The Morgan fingerprint density at radius 3 is 2.77 bits per heavy atom. The molecule has 0 fully saturated rings. The van der Waals surface area contributed by atoms with Crippen LogP contribution in [0.2, 0.25) is 0 Å². The van der Waals surface area contributed by atoms with Crippen LogP contribution in [0.3, 0.4) is 0 Å². The lowest BCUT2D eigenvalue weighted by atomic mass is 10.1. The molecule has 0 aromatic heterocycles. The first-order valence-corrected chi connectivity index (χ1v) is 5.36. The first-order chi connectivity index (χ1) is 6.24. The van der Waals surface area contributed by atoms with Gasteiger partial charge in [0.05, 0.1) is 6.10 Å². The van der Waals surface area contributed by atoms with E-state index >= 15 is 0 Å². The van der Waals surface area contributed by atoms with Crippen LogP contribution in [-0.2, 0) is 5.33 Å². The van der Waals surface area contributed by atoms with E-state index in [4.69, 9.17) is 5.11 Å². The standard InChI is InChI=1S/C11H13BrO/c1-9(13)6-7-10-4-2-3-5-11(10)8-12/h2-7,9,13H,8H2,1H3/b7-6+. The molecule has 0 spiro atoms. The molecule has 70 valence electrons. The van der Waals surface area contributed by atoms with Crippen molar-refractivity contribution in [2.24, 2.45) is 0 Å². The molecule has 0 aliphatic carbocycles. The normalized spacial score (nSPS) is 13.5. The van der Waals surface area contributed by atoms with Crippen LogP contribution in [0.5, 0.6) is 0 Å². The van der Waals surface area contributed by atoms with Crippen LogP contribution in [0.15, 0.2) is 30.3 Å². The lowest BCUT2D eigenvalue weighted by Crippen LogP contribution is -1.92. The summed E-state index contributed by atoms with van der Waals surface area (Å²) in [5.74, 6) is 0. The van der Waals surface area contributed by atoms with Gasteiger partial charge >= 0.3 is 0 Å². The minimum atomic E-state index is -0.386. The number of benzene rings is 1. The maximum atomic E-state index is 9.08. The van der Waals surface area contributed by atoms with E-state index in [1.165, 1.54) is 5.56 Å². The van der Waals surface area contributed by atoms with Gasteiger partial charge in [0.2, 0.25) is 0 Å². The highest BCUT2D eigenvalue weighted by molar-refractivity contribution is 9.08. The Balaban J connectivity index is 2.87. The van der Waals surface area contributed by atoms with Gasteiger partial charge in [0.1, 0.15) is 0 Å². The van der Waals surface area contributed by atoms with E-state index in [1.54, 1.807) is 13.0 Å². The molecular formula is C11H13BrO. The Kier molecular flexibility index (Phi) is 4.19. The maximum Gasteiger partial charge on any atom is 0.0696 e. The van der Waals surface area contributed by atoms with Gasteiger partial charge in [0, 0.05) is 5.33 Å². The minimum absolute atomic E-state index is 0.386. The molecule has 0 aliphatic rings. The molecule has 1 atom stereocenters. The summed E-state index contributed by atoms with van der Waals surface area (Å²) in [6.45, 7) is 1.74. The Morgan fingerprint density at radius 1 is 1.46 bits per heavy atom. The van der Waals surface area contributed by atoms with E-state index in [1.807, 2.05) is 24.3 Å². The zero-order valence-corrected chi connectivity index (χ0v) is 9.16. The molecule has 0 bridgehead atoms. The highest BCUT2D eigenvalue weighted by Gasteiger charge is 1.95. The summed E-state index contributed by atoms with van der Waals surface area (Å²) in [7, 11) is 0. The van der Waals surface area contributed by atoms with Gasteiger partial charge in [0.25, 0.3) is 0 Å². The fourth-order valence-corrected chi connectivity index (χ4v) is 1.57. The fraction of sp³-hybridized carbons (Fsp3) is 0.273. The summed E-state index contributed by atoms with van der Waals surface area (Å²) in [6.07, 6.45) is 3.34. The molecule has 0 aliphatic heterocycles. The highest BCUT2D eigenvalue weighted by atomic mass is 79.9. The molecule has 2 heteroatoms. The molecule has 0 saturated heterocycles. The average Bonchev–Trinajstić information content (AvgIpc) is 2.15. The number of halogens is 1. The second-order valence-corrected chi connectivity index (χ2v) is 3.49. The number of rotatable bonds is 3. The molecule has 1 aromatic rings. The Labute approximate surface area is 87.2 Å². The van der Waals surface area contributed by atoms with Gasteiger partial charge in [-0.25, -0.2) is 0 Å². The number of aliphatic hydroxyl groups excluding tert-OH is 1. The first kappa shape index (κ1) is 10.5. The smallest absolute Gasteiger partial charge is 0.0696 e. The average molecular weight is 241 g/mol. The van der Waals surface area contributed by atoms with E-state index in [0.717, 1.165) is 10.9 Å². The Hall–Kier alpha value is -0.600. The third-order valence-electron chi connectivity index (χ3n) is 1.75. The quantitative estimate of drug-likeness (QED) is 0.806. The Bertz CT molecular complexity index is 292. The van der Waals surface area contributed by atoms with Crippen LogP contribution in [0.4, 0.5) is 0 Å². The number of aliphatic hydroxyl groups is 1. The third-order valence-corrected chi connectivity index (χ3v) is 2.36. The van der Waals surface area contributed by atoms with Gasteiger partial charge in [-0.15, -0.1) is 0 Å². The molecule has 13 heavy (non-hydrogen) atoms. The largest absolute Gasteiger partial charge is 0.389 e. The fourth-order valence-electron chi connectivity index (χ4n) is 1.06. The highest BCUT2D eigenvalue weighted by Crippen LogP contribution is 2.14. The number of hydrogen-bond donors (Lipinski definition) is 1. The summed E-state index contributed by atoms with van der Waals surface area (Å²) < 4.78 is 0. The molecule has 0 amide bonds. The van der Waals surface area contributed by atoms with Gasteiger partial charge in [-0.3, -0.25) is 0 Å².